The minimum Gasteiger partial charge on any atom is -0.356 e. The molecule has 0 spiro atoms. The minimum absolute atomic E-state index is 0.754. The second kappa shape index (κ2) is 4.79. The molecule has 2 aromatic heterocycles. The van der Waals surface area contributed by atoms with Crippen molar-refractivity contribution in [2.75, 3.05) is 11.9 Å². The minimum atomic E-state index is 0.754. The number of rotatable bonds is 4. The molecule has 2 aromatic rings. The second-order valence-electron chi connectivity index (χ2n) is 3.69. The summed E-state index contributed by atoms with van der Waals surface area (Å²) >= 11 is 0. The molecule has 0 fully saturated rings. The first-order valence-electron chi connectivity index (χ1n) is 5.47. The van der Waals surface area contributed by atoms with Crippen molar-refractivity contribution in [2.45, 2.75) is 20.4 Å². The Hall–Kier alpha value is -1.84. The molecule has 84 valence electrons. The Bertz CT molecular complexity index is 447. The third-order valence-corrected chi connectivity index (χ3v) is 2.29. The Labute approximate surface area is 95.4 Å². The summed E-state index contributed by atoms with van der Waals surface area (Å²) in [5.41, 5.74) is 2.06. The smallest absolute Gasteiger partial charge is 0.203 e. The van der Waals surface area contributed by atoms with Crippen LogP contribution in [0.1, 0.15) is 18.3 Å². The standard InChI is InChI=1S/C12H16N4/c1-3-13-12-15-10(2)8-16(12)9-11-6-4-5-7-14-11/h4-8H,3,9H2,1-2H3,(H,13,15). The molecular weight excluding hydrogens is 200 g/mol. The summed E-state index contributed by atoms with van der Waals surface area (Å²) in [5, 5.41) is 3.24. The fourth-order valence-electron chi connectivity index (χ4n) is 1.63. The van der Waals surface area contributed by atoms with Crippen LogP contribution in [0, 0.1) is 6.92 Å². The molecule has 0 atom stereocenters. The van der Waals surface area contributed by atoms with Crippen molar-refractivity contribution in [2.24, 2.45) is 0 Å². The van der Waals surface area contributed by atoms with Crippen LogP contribution in [0.2, 0.25) is 0 Å². The van der Waals surface area contributed by atoms with Gasteiger partial charge in [0, 0.05) is 18.9 Å². The van der Waals surface area contributed by atoms with Gasteiger partial charge < -0.3 is 9.88 Å². The molecule has 4 heteroatoms. The predicted molar refractivity (Wildman–Crippen MR) is 64.5 cm³/mol. The Morgan fingerprint density at radius 1 is 1.38 bits per heavy atom. The predicted octanol–water partition coefficient (Wildman–Crippen LogP) is 2.07. The van der Waals surface area contributed by atoms with E-state index in [0.717, 1.165) is 30.4 Å². The summed E-state index contributed by atoms with van der Waals surface area (Å²) in [6.45, 7) is 5.69. The van der Waals surface area contributed by atoms with Gasteiger partial charge in [0.2, 0.25) is 5.95 Å². The highest BCUT2D eigenvalue weighted by Crippen LogP contribution is 2.10. The quantitative estimate of drug-likeness (QED) is 0.850. The van der Waals surface area contributed by atoms with E-state index in [4.69, 9.17) is 0 Å². The molecule has 0 unspecified atom stereocenters. The molecular formula is C12H16N4. The third-order valence-electron chi connectivity index (χ3n) is 2.29. The molecule has 0 aromatic carbocycles. The molecule has 0 aliphatic carbocycles. The summed E-state index contributed by atoms with van der Waals surface area (Å²) < 4.78 is 2.08. The number of hydrogen-bond acceptors (Lipinski definition) is 3. The van der Waals surface area contributed by atoms with Crippen LogP contribution in [0.4, 0.5) is 5.95 Å². The SMILES string of the molecule is CCNc1nc(C)cn1Cc1ccccn1. The highest BCUT2D eigenvalue weighted by Gasteiger charge is 2.05. The van der Waals surface area contributed by atoms with E-state index in [9.17, 15) is 0 Å². The molecule has 0 amide bonds. The number of nitrogens with one attached hydrogen (secondary N) is 1. The van der Waals surface area contributed by atoms with Crippen molar-refractivity contribution in [1.29, 1.82) is 0 Å². The first-order valence-corrected chi connectivity index (χ1v) is 5.47. The molecule has 1 N–H and O–H groups in total. The van der Waals surface area contributed by atoms with Gasteiger partial charge in [-0.25, -0.2) is 4.98 Å². The average molecular weight is 216 g/mol. The number of anilines is 1. The summed E-state index contributed by atoms with van der Waals surface area (Å²) in [5.74, 6) is 0.908. The Morgan fingerprint density at radius 3 is 2.94 bits per heavy atom. The van der Waals surface area contributed by atoms with E-state index in [1.54, 1.807) is 0 Å². The van der Waals surface area contributed by atoms with Crippen molar-refractivity contribution in [3.05, 3.63) is 42.0 Å². The van der Waals surface area contributed by atoms with Crippen LogP contribution >= 0.6 is 0 Å². The van der Waals surface area contributed by atoms with Crippen LogP contribution in [0.3, 0.4) is 0 Å². The maximum Gasteiger partial charge on any atom is 0.203 e. The van der Waals surface area contributed by atoms with Gasteiger partial charge in [0.05, 0.1) is 17.9 Å². The lowest BCUT2D eigenvalue weighted by atomic mass is 10.3. The first-order chi connectivity index (χ1) is 7.79. The van der Waals surface area contributed by atoms with E-state index in [1.807, 2.05) is 37.5 Å². The molecule has 0 aliphatic rings. The number of imidazole rings is 1. The summed E-state index contributed by atoms with van der Waals surface area (Å²) in [4.78, 5) is 8.73. The molecule has 0 bridgehead atoms. The van der Waals surface area contributed by atoms with Gasteiger partial charge in [0.25, 0.3) is 0 Å². The lowest BCUT2D eigenvalue weighted by molar-refractivity contribution is 0.776. The van der Waals surface area contributed by atoms with Gasteiger partial charge in [-0.05, 0) is 26.0 Å². The number of hydrogen-bond donors (Lipinski definition) is 1. The Kier molecular flexibility index (Phi) is 3.19. The number of aromatic nitrogens is 3. The Morgan fingerprint density at radius 2 is 2.25 bits per heavy atom. The van der Waals surface area contributed by atoms with Crippen molar-refractivity contribution in [1.82, 2.24) is 14.5 Å². The maximum absolute atomic E-state index is 4.42. The highest BCUT2D eigenvalue weighted by molar-refractivity contribution is 5.29. The lowest BCUT2D eigenvalue weighted by Gasteiger charge is -2.07. The topological polar surface area (TPSA) is 42.7 Å². The van der Waals surface area contributed by atoms with E-state index in [0.29, 0.717) is 0 Å². The van der Waals surface area contributed by atoms with Crippen LogP contribution in [0.15, 0.2) is 30.6 Å². The maximum atomic E-state index is 4.42. The van der Waals surface area contributed by atoms with Crippen LogP contribution in [-0.2, 0) is 6.54 Å². The molecule has 16 heavy (non-hydrogen) atoms. The Balaban J connectivity index is 2.20. The fraction of sp³-hybridized carbons (Fsp3) is 0.333. The van der Waals surface area contributed by atoms with Crippen LogP contribution in [-0.4, -0.2) is 21.1 Å². The number of nitrogens with zero attached hydrogens (tertiary/aromatic N) is 3. The molecule has 0 saturated heterocycles. The molecule has 2 heterocycles. The number of pyridine rings is 1. The van der Waals surface area contributed by atoms with Crippen LogP contribution in [0.5, 0.6) is 0 Å². The van der Waals surface area contributed by atoms with E-state index in [1.165, 1.54) is 0 Å². The summed E-state index contributed by atoms with van der Waals surface area (Å²) in [7, 11) is 0. The zero-order valence-electron chi connectivity index (χ0n) is 9.64. The van der Waals surface area contributed by atoms with Crippen molar-refractivity contribution < 1.29 is 0 Å². The molecule has 0 radical (unpaired) electrons. The van der Waals surface area contributed by atoms with Gasteiger partial charge in [-0.3, -0.25) is 4.98 Å². The lowest BCUT2D eigenvalue weighted by Crippen LogP contribution is -2.08. The van der Waals surface area contributed by atoms with Gasteiger partial charge in [-0.2, -0.15) is 0 Å². The molecule has 0 saturated carbocycles. The van der Waals surface area contributed by atoms with Gasteiger partial charge in [0.1, 0.15) is 0 Å². The third kappa shape index (κ3) is 2.39. The van der Waals surface area contributed by atoms with Crippen molar-refractivity contribution in [3.63, 3.8) is 0 Å². The largest absolute Gasteiger partial charge is 0.356 e. The molecule has 4 nitrogen and oxygen atoms in total. The van der Waals surface area contributed by atoms with Crippen molar-refractivity contribution >= 4 is 5.95 Å². The van der Waals surface area contributed by atoms with Gasteiger partial charge in [0.15, 0.2) is 0 Å². The highest BCUT2D eigenvalue weighted by atomic mass is 15.2. The monoisotopic (exact) mass is 216 g/mol. The molecule has 0 aliphatic heterocycles. The summed E-state index contributed by atoms with van der Waals surface area (Å²) in [6, 6.07) is 5.94. The van der Waals surface area contributed by atoms with E-state index < -0.39 is 0 Å². The normalized spacial score (nSPS) is 10.4. The van der Waals surface area contributed by atoms with Gasteiger partial charge >= 0.3 is 0 Å². The van der Waals surface area contributed by atoms with Crippen LogP contribution in [0.25, 0.3) is 0 Å². The second-order valence-corrected chi connectivity index (χ2v) is 3.69. The zero-order chi connectivity index (χ0) is 11.4. The first kappa shape index (κ1) is 10.7. The summed E-state index contributed by atoms with van der Waals surface area (Å²) in [6.07, 6.45) is 3.85. The van der Waals surface area contributed by atoms with E-state index in [-0.39, 0.29) is 0 Å². The van der Waals surface area contributed by atoms with Gasteiger partial charge in [-0.1, -0.05) is 6.07 Å². The number of aryl methyl sites for hydroxylation is 1. The fourth-order valence-corrected chi connectivity index (χ4v) is 1.63. The average Bonchev–Trinajstić information content (AvgIpc) is 2.61. The zero-order valence-corrected chi connectivity index (χ0v) is 9.64. The van der Waals surface area contributed by atoms with Crippen LogP contribution < -0.4 is 5.32 Å². The van der Waals surface area contributed by atoms with E-state index in [2.05, 4.69) is 26.8 Å². The molecule has 2 rings (SSSR count). The van der Waals surface area contributed by atoms with Crippen molar-refractivity contribution in [3.8, 4) is 0 Å². The van der Waals surface area contributed by atoms with E-state index >= 15 is 0 Å². The van der Waals surface area contributed by atoms with Gasteiger partial charge in [-0.15, -0.1) is 0 Å².